The molecule has 0 spiro atoms. The minimum absolute atomic E-state index is 0.255. The third kappa shape index (κ3) is 5.67. The summed E-state index contributed by atoms with van der Waals surface area (Å²) in [7, 11) is 0. The van der Waals surface area contributed by atoms with Crippen molar-refractivity contribution in [2.24, 2.45) is 5.10 Å². The highest BCUT2D eigenvalue weighted by atomic mass is 16.2. The zero-order valence-corrected chi connectivity index (χ0v) is 17.3. The molecule has 0 atom stereocenters. The summed E-state index contributed by atoms with van der Waals surface area (Å²) in [6.45, 7) is 4.52. The number of benzene rings is 2. The Hall–Kier alpha value is -3.67. The van der Waals surface area contributed by atoms with Crippen LogP contribution in [0.3, 0.4) is 0 Å². The number of aromatic nitrogens is 1. The average molecular weight is 402 g/mol. The molecule has 3 rings (SSSR count). The normalized spacial score (nSPS) is 10.9. The Labute approximate surface area is 176 Å². The van der Waals surface area contributed by atoms with Crippen LogP contribution in [0.25, 0.3) is 5.69 Å². The SMILES string of the molecule is Cc1cc(/C=N\NC(=O)CC(=O)NCCc2ccccc2)c(C)n1-c1ccccc1. The fourth-order valence-electron chi connectivity index (χ4n) is 3.31. The van der Waals surface area contributed by atoms with E-state index in [9.17, 15) is 9.59 Å². The molecule has 0 radical (unpaired) electrons. The number of para-hydroxylation sites is 1. The number of rotatable bonds is 8. The van der Waals surface area contributed by atoms with E-state index in [1.54, 1.807) is 6.21 Å². The lowest BCUT2D eigenvalue weighted by Gasteiger charge is -2.09. The van der Waals surface area contributed by atoms with Gasteiger partial charge in [-0.3, -0.25) is 9.59 Å². The van der Waals surface area contributed by atoms with Gasteiger partial charge in [-0.15, -0.1) is 0 Å². The van der Waals surface area contributed by atoms with Gasteiger partial charge in [0.25, 0.3) is 0 Å². The number of hydrogen-bond donors (Lipinski definition) is 2. The molecule has 6 nitrogen and oxygen atoms in total. The predicted octanol–water partition coefficient (Wildman–Crippen LogP) is 3.29. The number of aryl methyl sites for hydroxylation is 1. The number of nitrogens with one attached hydrogen (secondary N) is 2. The van der Waals surface area contributed by atoms with Crippen LogP contribution >= 0.6 is 0 Å². The van der Waals surface area contributed by atoms with E-state index in [-0.39, 0.29) is 12.3 Å². The van der Waals surface area contributed by atoms with Gasteiger partial charge in [0, 0.05) is 29.2 Å². The highest BCUT2D eigenvalue weighted by Gasteiger charge is 2.10. The molecule has 0 saturated carbocycles. The smallest absolute Gasteiger partial charge is 0.249 e. The lowest BCUT2D eigenvalue weighted by atomic mass is 10.1. The lowest BCUT2D eigenvalue weighted by molar-refractivity contribution is -0.129. The molecule has 2 aromatic carbocycles. The summed E-state index contributed by atoms with van der Waals surface area (Å²) >= 11 is 0. The summed E-state index contributed by atoms with van der Waals surface area (Å²) in [5.41, 5.74) is 7.64. The second-order valence-corrected chi connectivity index (χ2v) is 7.05. The van der Waals surface area contributed by atoms with Crippen molar-refractivity contribution in [2.75, 3.05) is 6.54 Å². The zero-order valence-electron chi connectivity index (χ0n) is 17.3. The summed E-state index contributed by atoms with van der Waals surface area (Å²) in [5.74, 6) is -0.763. The number of nitrogens with zero attached hydrogens (tertiary/aromatic N) is 2. The van der Waals surface area contributed by atoms with Crippen LogP contribution < -0.4 is 10.7 Å². The molecule has 0 aliphatic heterocycles. The molecular formula is C24H26N4O2. The van der Waals surface area contributed by atoms with E-state index in [0.717, 1.165) is 34.6 Å². The molecule has 0 unspecified atom stereocenters. The van der Waals surface area contributed by atoms with E-state index in [0.29, 0.717) is 6.54 Å². The highest BCUT2D eigenvalue weighted by Crippen LogP contribution is 2.19. The molecule has 2 amide bonds. The average Bonchev–Trinajstić information content (AvgIpc) is 3.02. The van der Waals surface area contributed by atoms with Gasteiger partial charge in [-0.1, -0.05) is 48.5 Å². The van der Waals surface area contributed by atoms with Gasteiger partial charge in [0.05, 0.1) is 6.21 Å². The van der Waals surface area contributed by atoms with E-state index in [4.69, 9.17) is 0 Å². The Kier molecular flexibility index (Phi) is 7.16. The van der Waals surface area contributed by atoms with Gasteiger partial charge in [0.2, 0.25) is 11.8 Å². The van der Waals surface area contributed by atoms with Gasteiger partial charge in [0.15, 0.2) is 0 Å². The number of carbonyl (C=O) groups is 2. The van der Waals surface area contributed by atoms with Gasteiger partial charge >= 0.3 is 0 Å². The van der Waals surface area contributed by atoms with E-state index in [1.165, 1.54) is 0 Å². The van der Waals surface area contributed by atoms with Crippen molar-refractivity contribution in [3.05, 3.63) is 89.2 Å². The van der Waals surface area contributed by atoms with Crippen molar-refractivity contribution >= 4 is 18.0 Å². The highest BCUT2D eigenvalue weighted by molar-refractivity contribution is 5.97. The van der Waals surface area contributed by atoms with E-state index >= 15 is 0 Å². The van der Waals surface area contributed by atoms with Crippen molar-refractivity contribution in [3.8, 4) is 5.69 Å². The molecule has 0 bridgehead atoms. The Morgan fingerprint density at radius 3 is 2.33 bits per heavy atom. The van der Waals surface area contributed by atoms with Crippen LogP contribution in [0.2, 0.25) is 0 Å². The quantitative estimate of drug-likeness (QED) is 0.345. The molecule has 0 fully saturated rings. The van der Waals surface area contributed by atoms with Crippen LogP contribution in [0.4, 0.5) is 0 Å². The van der Waals surface area contributed by atoms with Gasteiger partial charge in [-0.05, 0) is 44.0 Å². The molecule has 154 valence electrons. The largest absolute Gasteiger partial charge is 0.355 e. The maximum absolute atomic E-state index is 12.0. The molecule has 1 aromatic heterocycles. The van der Waals surface area contributed by atoms with Gasteiger partial charge < -0.3 is 9.88 Å². The van der Waals surface area contributed by atoms with Crippen LogP contribution in [0.5, 0.6) is 0 Å². The summed E-state index contributed by atoms with van der Waals surface area (Å²) in [6.07, 6.45) is 2.07. The molecule has 0 saturated heterocycles. The zero-order chi connectivity index (χ0) is 21.3. The molecule has 3 aromatic rings. The molecule has 6 heteroatoms. The van der Waals surface area contributed by atoms with Gasteiger partial charge in [-0.2, -0.15) is 5.10 Å². The first-order chi connectivity index (χ1) is 14.5. The molecule has 1 heterocycles. The Morgan fingerprint density at radius 1 is 0.967 bits per heavy atom. The van der Waals surface area contributed by atoms with E-state index < -0.39 is 5.91 Å². The number of hydrazone groups is 1. The Bertz CT molecular complexity index is 1020. The van der Waals surface area contributed by atoms with Crippen LogP contribution in [0.15, 0.2) is 71.8 Å². The monoisotopic (exact) mass is 402 g/mol. The Morgan fingerprint density at radius 2 is 1.63 bits per heavy atom. The molecule has 30 heavy (non-hydrogen) atoms. The predicted molar refractivity (Wildman–Crippen MR) is 119 cm³/mol. The van der Waals surface area contributed by atoms with Crippen molar-refractivity contribution < 1.29 is 9.59 Å². The van der Waals surface area contributed by atoms with Crippen LogP contribution in [0.1, 0.15) is 28.9 Å². The van der Waals surface area contributed by atoms with E-state index in [2.05, 4.69) is 20.4 Å². The fourth-order valence-corrected chi connectivity index (χ4v) is 3.31. The molecule has 0 aliphatic carbocycles. The van der Waals surface area contributed by atoms with Crippen molar-refractivity contribution in [3.63, 3.8) is 0 Å². The van der Waals surface area contributed by atoms with Crippen LogP contribution in [-0.4, -0.2) is 29.1 Å². The van der Waals surface area contributed by atoms with E-state index in [1.807, 2.05) is 80.6 Å². The summed E-state index contributed by atoms with van der Waals surface area (Å²) in [6, 6.07) is 21.9. The first-order valence-electron chi connectivity index (χ1n) is 9.91. The van der Waals surface area contributed by atoms with Gasteiger partial charge in [0.1, 0.15) is 6.42 Å². The van der Waals surface area contributed by atoms with Crippen molar-refractivity contribution in [2.45, 2.75) is 26.7 Å². The van der Waals surface area contributed by atoms with Crippen LogP contribution in [0, 0.1) is 13.8 Å². The topological polar surface area (TPSA) is 75.5 Å². The molecule has 2 N–H and O–H groups in total. The first kappa shape index (κ1) is 21.0. The standard InChI is InChI=1S/C24H26N4O2/c1-18-15-21(19(2)28(18)22-11-7-4-8-12-22)17-26-27-24(30)16-23(29)25-14-13-20-9-5-3-6-10-20/h3-12,15,17H,13-14,16H2,1-2H3,(H,25,29)(H,27,30)/b26-17-. The lowest BCUT2D eigenvalue weighted by Crippen LogP contribution is -2.31. The maximum Gasteiger partial charge on any atom is 0.249 e. The molecule has 0 aliphatic rings. The van der Waals surface area contributed by atoms with Crippen LogP contribution in [-0.2, 0) is 16.0 Å². The third-order valence-corrected chi connectivity index (χ3v) is 4.78. The number of hydrogen-bond acceptors (Lipinski definition) is 3. The number of amides is 2. The number of carbonyl (C=O) groups excluding carboxylic acids is 2. The van der Waals surface area contributed by atoms with Crippen molar-refractivity contribution in [1.29, 1.82) is 0 Å². The fraction of sp³-hybridized carbons (Fsp3) is 0.208. The summed E-state index contributed by atoms with van der Waals surface area (Å²) < 4.78 is 2.13. The van der Waals surface area contributed by atoms with Gasteiger partial charge in [-0.25, -0.2) is 5.43 Å². The summed E-state index contributed by atoms with van der Waals surface area (Å²) in [4.78, 5) is 23.9. The minimum Gasteiger partial charge on any atom is -0.355 e. The Balaban J connectivity index is 1.48. The second-order valence-electron chi connectivity index (χ2n) is 7.05. The third-order valence-electron chi connectivity index (χ3n) is 4.78. The summed E-state index contributed by atoms with van der Waals surface area (Å²) in [5, 5.41) is 6.77. The molecular weight excluding hydrogens is 376 g/mol. The minimum atomic E-state index is -0.444. The second kappa shape index (κ2) is 10.2. The first-order valence-corrected chi connectivity index (χ1v) is 9.91. The maximum atomic E-state index is 12.0. The van der Waals surface area contributed by atoms with Crippen molar-refractivity contribution in [1.82, 2.24) is 15.3 Å².